The number of methoxy groups -OCH3 is 4. The maximum Gasteiger partial charge on any atom is 0.211 e. The van der Waals surface area contributed by atoms with E-state index in [0.29, 0.717) is 11.3 Å². The monoisotopic (exact) mass is 332 g/mol. The molecule has 0 aliphatic rings. The van der Waals surface area contributed by atoms with Crippen molar-refractivity contribution in [3.63, 3.8) is 0 Å². The predicted octanol–water partition coefficient (Wildman–Crippen LogP) is 2.69. The molecule has 1 heterocycles. The zero-order valence-electron chi connectivity index (χ0n) is 13.6. The van der Waals surface area contributed by atoms with Gasteiger partial charge in [-0.05, 0) is 18.2 Å². The van der Waals surface area contributed by atoms with Crippen molar-refractivity contribution >= 4 is 21.9 Å². The van der Waals surface area contributed by atoms with Crippen molar-refractivity contribution in [2.45, 2.75) is 0 Å². The Morgan fingerprint density at radius 3 is 2.17 bits per heavy atom. The van der Waals surface area contributed by atoms with Crippen LogP contribution in [0.1, 0.15) is 0 Å². The Balaban J connectivity index is 2.58. The van der Waals surface area contributed by atoms with Crippen LogP contribution in [-0.2, 0) is 0 Å². The number of ether oxygens (including phenoxy) is 4. The van der Waals surface area contributed by atoms with Crippen molar-refractivity contribution in [3.8, 4) is 28.7 Å². The molecule has 7 nitrogen and oxygen atoms in total. The summed E-state index contributed by atoms with van der Waals surface area (Å²) >= 11 is 0. The largest absolute Gasteiger partial charge is 0.504 e. The number of benzene rings is 2. The van der Waals surface area contributed by atoms with E-state index in [9.17, 15) is 9.90 Å². The van der Waals surface area contributed by atoms with Crippen LogP contribution in [0.3, 0.4) is 0 Å². The molecule has 0 saturated heterocycles. The Morgan fingerprint density at radius 1 is 0.917 bits per heavy atom. The summed E-state index contributed by atoms with van der Waals surface area (Å²) in [6, 6.07) is 4.83. The molecule has 0 unspecified atom stereocenters. The highest BCUT2D eigenvalue weighted by Gasteiger charge is 2.26. The van der Waals surface area contributed by atoms with E-state index in [1.54, 1.807) is 18.2 Å². The number of aromatic hydroxyl groups is 1. The minimum absolute atomic E-state index is 0.00334. The molecule has 24 heavy (non-hydrogen) atoms. The van der Waals surface area contributed by atoms with Crippen molar-refractivity contribution in [3.05, 3.63) is 28.4 Å². The predicted molar refractivity (Wildman–Crippen MR) is 87.9 cm³/mol. The summed E-state index contributed by atoms with van der Waals surface area (Å²) in [7, 11) is 5.66. The van der Waals surface area contributed by atoms with Crippen LogP contribution in [0, 0.1) is 0 Å². The summed E-state index contributed by atoms with van der Waals surface area (Å²) in [5.41, 5.74) is -0.0181. The molecule has 3 aromatic rings. The third-order valence-corrected chi connectivity index (χ3v) is 3.78. The summed E-state index contributed by atoms with van der Waals surface area (Å²) in [4.78, 5) is 12.9. The number of hydrogen-bond acceptors (Lipinski definition) is 7. The molecule has 0 amide bonds. The van der Waals surface area contributed by atoms with E-state index in [2.05, 4.69) is 0 Å². The molecule has 126 valence electrons. The molecule has 0 aliphatic heterocycles. The highest BCUT2D eigenvalue weighted by molar-refractivity contribution is 6.00. The Labute approximate surface area is 136 Å². The average molecular weight is 332 g/mol. The second-order valence-electron chi connectivity index (χ2n) is 4.95. The quantitative estimate of drug-likeness (QED) is 0.735. The molecule has 0 spiro atoms. The fourth-order valence-electron chi connectivity index (χ4n) is 2.66. The summed E-state index contributed by atoms with van der Waals surface area (Å²) in [6.45, 7) is 0. The Hall–Kier alpha value is -3.09. The smallest absolute Gasteiger partial charge is 0.211 e. The molecule has 3 rings (SSSR count). The Morgan fingerprint density at radius 2 is 1.58 bits per heavy atom. The number of rotatable bonds is 4. The molecule has 2 aromatic carbocycles. The molecule has 1 aromatic heterocycles. The minimum Gasteiger partial charge on any atom is -0.504 e. The van der Waals surface area contributed by atoms with Crippen molar-refractivity contribution in [2.24, 2.45) is 0 Å². The van der Waals surface area contributed by atoms with Crippen LogP contribution in [0.15, 0.2) is 27.4 Å². The molecule has 7 heteroatoms. The lowest BCUT2D eigenvalue weighted by Gasteiger charge is -2.16. The SMILES string of the molecule is COc1ccc2oc3c(OC)c(OC)c(OC)c(O)c3c(=O)c2c1. The molecule has 0 bridgehead atoms. The van der Waals surface area contributed by atoms with Gasteiger partial charge in [0.15, 0.2) is 11.3 Å². The Bertz CT molecular complexity index is 988. The molecule has 1 N–H and O–H groups in total. The van der Waals surface area contributed by atoms with Gasteiger partial charge in [-0.1, -0.05) is 0 Å². The van der Waals surface area contributed by atoms with Gasteiger partial charge in [-0.25, -0.2) is 0 Å². The fraction of sp³-hybridized carbons (Fsp3) is 0.235. The molecule has 0 radical (unpaired) electrons. The Kier molecular flexibility index (Phi) is 3.84. The van der Waals surface area contributed by atoms with Gasteiger partial charge in [-0.3, -0.25) is 4.79 Å². The van der Waals surface area contributed by atoms with Gasteiger partial charge in [-0.15, -0.1) is 0 Å². The summed E-state index contributed by atoms with van der Waals surface area (Å²) in [5, 5.41) is 10.7. The van der Waals surface area contributed by atoms with E-state index in [4.69, 9.17) is 23.4 Å². The van der Waals surface area contributed by atoms with E-state index in [-0.39, 0.29) is 39.4 Å². The number of fused-ring (bicyclic) bond motifs is 2. The zero-order valence-corrected chi connectivity index (χ0v) is 13.6. The molecular weight excluding hydrogens is 316 g/mol. The minimum atomic E-state index is -0.429. The normalized spacial score (nSPS) is 10.8. The third-order valence-electron chi connectivity index (χ3n) is 3.78. The van der Waals surface area contributed by atoms with E-state index >= 15 is 0 Å². The van der Waals surface area contributed by atoms with Gasteiger partial charge in [0, 0.05) is 0 Å². The van der Waals surface area contributed by atoms with Crippen molar-refractivity contribution < 1.29 is 28.5 Å². The van der Waals surface area contributed by atoms with Crippen LogP contribution in [0.2, 0.25) is 0 Å². The van der Waals surface area contributed by atoms with Gasteiger partial charge in [0.25, 0.3) is 0 Å². The lowest BCUT2D eigenvalue weighted by Crippen LogP contribution is -2.06. The van der Waals surface area contributed by atoms with Gasteiger partial charge in [0.1, 0.15) is 16.7 Å². The van der Waals surface area contributed by atoms with Gasteiger partial charge >= 0.3 is 0 Å². The van der Waals surface area contributed by atoms with Crippen LogP contribution in [-0.4, -0.2) is 33.5 Å². The van der Waals surface area contributed by atoms with Gasteiger partial charge in [0.05, 0.1) is 33.8 Å². The number of phenolic OH excluding ortho intramolecular Hbond substituents is 1. The fourth-order valence-corrected chi connectivity index (χ4v) is 2.66. The van der Waals surface area contributed by atoms with Crippen molar-refractivity contribution in [1.29, 1.82) is 0 Å². The van der Waals surface area contributed by atoms with Gasteiger partial charge < -0.3 is 28.5 Å². The first-order valence-electron chi connectivity index (χ1n) is 7.02. The average Bonchev–Trinajstić information content (AvgIpc) is 2.61. The van der Waals surface area contributed by atoms with Crippen LogP contribution in [0.4, 0.5) is 0 Å². The van der Waals surface area contributed by atoms with E-state index in [1.807, 2.05) is 0 Å². The molecular formula is C17H16O7. The third kappa shape index (κ3) is 2.09. The summed E-state index contributed by atoms with van der Waals surface area (Å²) in [6.07, 6.45) is 0. The second kappa shape index (κ2) is 5.84. The maximum atomic E-state index is 12.9. The van der Waals surface area contributed by atoms with Crippen LogP contribution in [0.5, 0.6) is 28.7 Å². The lowest BCUT2D eigenvalue weighted by atomic mass is 10.1. The van der Waals surface area contributed by atoms with Gasteiger partial charge in [-0.2, -0.15) is 0 Å². The van der Waals surface area contributed by atoms with Crippen LogP contribution in [0.25, 0.3) is 21.9 Å². The molecule has 0 fully saturated rings. The van der Waals surface area contributed by atoms with Crippen LogP contribution < -0.4 is 24.4 Å². The highest BCUT2D eigenvalue weighted by Crippen LogP contribution is 2.49. The topological polar surface area (TPSA) is 87.4 Å². The van der Waals surface area contributed by atoms with E-state index in [0.717, 1.165) is 0 Å². The number of hydrogen-bond donors (Lipinski definition) is 1. The summed E-state index contributed by atoms with van der Waals surface area (Å²) in [5.74, 6) is 0.430. The summed E-state index contributed by atoms with van der Waals surface area (Å²) < 4.78 is 26.7. The second-order valence-corrected chi connectivity index (χ2v) is 4.95. The van der Waals surface area contributed by atoms with Crippen molar-refractivity contribution in [1.82, 2.24) is 0 Å². The molecule has 0 atom stereocenters. The first-order valence-corrected chi connectivity index (χ1v) is 7.02. The van der Waals surface area contributed by atoms with Gasteiger partial charge in [0.2, 0.25) is 22.7 Å². The number of phenols is 1. The van der Waals surface area contributed by atoms with Crippen LogP contribution >= 0.6 is 0 Å². The zero-order chi connectivity index (χ0) is 17.4. The molecule has 0 aliphatic carbocycles. The first-order chi connectivity index (χ1) is 11.6. The van der Waals surface area contributed by atoms with E-state index < -0.39 is 5.43 Å². The van der Waals surface area contributed by atoms with Crippen molar-refractivity contribution in [2.75, 3.05) is 28.4 Å². The highest BCUT2D eigenvalue weighted by atomic mass is 16.5. The van der Waals surface area contributed by atoms with E-state index in [1.165, 1.54) is 28.4 Å². The first kappa shape index (κ1) is 15.8. The standard InChI is InChI=1S/C17H16O7/c1-20-8-5-6-10-9(7-8)12(18)11-13(19)15(21-2)17(23-4)16(22-3)14(11)24-10/h5-7,19H,1-4H3. The maximum absolute atomic E-state index is 12.9. The molecule has 0 saturated carbocycles. The lowest BCUT2D eigenvalue weighted by molar-refractivity contribution is 0.311.